The highest BCUT2D eigenvalue weighted by atomic mass is 16.5. The number of hydrogen-bond donors (Lipinski definition) is 0. The summed E-state index contributed by atoms with van der Waals surface area (Å²) in [6, 6.07) is 12.9. The van der Waals surface area contributed by atoms with Crippen molar-refractivity contribution in [2.75, 3.05) is 6.61 Å². The van der Waals surface area contributed by atoms with Gasteiger partial charge in [0.25, 0.3) is 0 Å². The molecule has 0 unspecified atom stereocenters. The van der Waals surface area contributed by atoms with Crippen molar-refractivity contribution < 1.29 is 4.74 Å². The third kappa shape index (κ3) is 10.7. The molecular formula is C34H53NO. The van der Waals surface area contributed by atoms with Crippen LogP contribution in [0.4, 0.5) is 0 Å². The molecule has 0 spiro atoms. The van der Waals surface area contributed by atoms with Gasteiger partial charge < -0.3 is 4.74 Å². The summed E-state index contributed by atoms with van der Waals surface area (Å²) in [5.41, 5.74) is 3.57. The van der Waals surface area contributed by atoms with Crippen LogP contribution in [0, 0.1) is 17.8 Å². The maximum Gasteiger partial charge on any atom is 0.119 e. The largest absolute Gasteiger partial charge is 0.494 e. The van der Waals surface area contributed by atoms with Gasteiger partial charge in [0.15, 0.2) is 0 Å². The average Bonchev–Trinajstić information content (AvgIpc) is 2.92. The van der Waals surface area contributed by atoms with E-state index in [-0.39, 0.29) is 0 Å². The number of rotatable bonds is 17. The lowest BCUT2D eigenvalue weighted by atomic mass is 9.78. The quantitative estimate of drug-likeness (QED) is 0.205. The zero-order valence-electron chi connectivity index (χ0n) is 23.6. The molecule has 2 heteroatoms. The van der Waals surface area contributed by atoms with Gasteiger partial charge >= 0.3 is 0 Å². The van der Waals surface area contributed by atoms with Crippen LogP contribution in [-0.2, 0) is 6.42 Å². The van der Waals surface area contributed by atoms with Crippen LogP contribution in [0.1, 0.15) is 123 Å². The van der Waals surface area contributed by atoms with Gasteiger partial charge in [0.1, 0.15) is 5.75 Å². The molecule has 0 radical (unpaired) electrons. The molecule has 0 bridgehead atoms. The Morgan fingerprint density at radius 3 is 2.17 bits per heavy atom. The lowest BCUT2D eigenvalue weighted by molar-refractivity contribution is 0.228. The van der Waals surface area contributed by atoms with Crippen LogP contribution < -0.4 is 4.74 Å². The van der Waals surface area contributed by atoms with Crippen LogP contribution in [0.2, 0.25) is 0 Å². The molecule has 0 N–H and O–H groups in total. The highest BCUT2D eigenvalue weighted by Gasteiger charge is 2.20. The van der Waals surface area contributed by atoms with Crippen molar-refractivity contribution in [1.29, 1.82) is 0 Å². The number of pyridine rings is 1. The van der Waals surface area contributed by atoms with E-state index in [2.05, 4.69) is 63.4 Å². The molecule has 1 aliphatic rings. The van der Waals surface area contributed by atoms with E-state index >= 15 is 0 Å². The monoisotopic (exact) mass is 491 g/mol. The number of aromatic nitrogens is 1. The minimum absolute atomic E-state index is 0.833. The van der Waals surface area contributed by atoms with Crippen molar-refractivity contribution in [3.05, 3.63) is 48.2 Å². The fraction of sp³-hybridized carbons (Fsp3) is 0.676. The Bertz CT molecular complexity index is 804. The fourth-order valence-corrected chi connectivity index (χ4v) is 5.72. The molecule has 1 fully saturated rings. The second-order valence-electron chi connectivity index (χ2n) is 11.6. The van der Waals surface area contributed by atoms with Crippen molar-refractivity contribution in [3.8, 4) is 17.0 Å². The van der Waals surface area contributed by atoms with E-state index < -0.39 is 0 Å². The first kappa shape index (κ1) is 28.7. The molecule has 1 aliphatic carbocycles. The van der Waals surface area contributed by atoms with E-state index in [1.807, 2.05) is 0 Å². The predicted octanol–water partition coefficient (Wildman–Crippen LogP) is 10.4. The van der Waals surface area contributed by atoms with Crippen molar-refractivity contribution in [3.63, 3.8) is 0 Å². The SMILES string of the molecule is CCCCC[C@H]1CC[C@H](CCCOc2ccc(-c3ccc(CCCCC[C@@H](C)CC)cn3)cc2)CC1. The first-order chi connectivity index (χ1) is 17.7. The molecule has 1 atom stereocenters. The lowest BCUT2D eigenvalue weighted by Crippen LogP contribution is -2.15. The minimum atomic E-state index is 0.833. The van der Waals surface area contributed by atoms with Crippen molar-refractivity contribution in [1.82, 2.24) is 4.98 Å². The summed E-state index contributed by atoms with van der Waals surface area (Å²) in [5.74, 6) is 3.79. The highest BCUT2D eigenvalue weighted by molar-refractivity contribution is 5.60. The van der Waals surface area contributed by atoms with Crippen LogP contribution in [0.25, 0.3) is 11.3 Å². The minimum Gasteiger partial charge on any atom is -0.494 e. The van der Waals surface area contributed by atoms with Gasteiger partial charge in [0, 0.05) is 11.8 Å². The highest BCUT2D eigenvalue weighted by Crippen LogP contribution is 2.34. The fourth-order valence-electron chi connectivity index (χ4n) is 5.72. The Balaban J connectivity index is 1.29. The molecule has 1 aromatic carbocycles. The maximum absolute atomic E-state index is 6.06. The molecule has 0 aliphatic heterocycles. The van der Waals surface area contributed by atoms with Gasteiger partial charge in [-0.05, 0) is 79.3 Å². The van der Waals surface area contributed by atoms with Gasteiger partial charge in [-0.3, -0.25) is 4.98 Å². The smallest absolute Gasteiger partial charge is 0.119 e. The van der Waals surface area contributed by atoms with Crippen LogP contribution in [0.15, 0.2) is 42.6 Å². The second kappa shape index (κ2) is 16.8. The Hall–Kier alpha value is -1.83. The topological polar surface area (TPSA) is 22.1 Å². The molecule has 2 nitrogen and oxygen atoms in total. The molecule has 1 heterocycles. The molecule has 0 saturated heterocycles. The van der Waals surface area contributed by atoms with Crippen LogP contribution in [0.5, 0.6) is 5.75 Å². The summed E-state index contributed by atoms with van der Waals surface area (Å²) in [7, 11) is 0. The van der Waals surface area contributed by atoms with Gasteiger partial charge in [-0.2, -0.15) is 0 Å². The van der Waals surface area contributed by atoms with Gasteiger partial charge in [-0.1, -0.05) is 104 Å². The van der Waals surface area contributed by atoms with Gasteiger partial charge in [-0.15, -0.1) is 0 Å². The zero-order chi connectivity index (χ0) is 25.4. The standard InChI is InChI=1S/C34H53NO/c1-4-6-8-13-29-16-18-30(19-17-29)15-11-26-36-33-23-21-32(22-24-33)34-25-20-31(27-35-34)14-10-7-9-12-28(3)5-2/h20-25,27-30H,4-19,26H2,1-3H3/t28-,29-,30-/m0/s1. The van der Waals surface area contributed by atoms with Crippen LogP contribution in [-0.4, -0.2) is 11.6 Å². The van der Waals surface area contributed by atoms with Crippen molar-refractivity contribution >= 4 is 0 Å². The van der Waals surface area contributed by atoms with E-state index in [4.69, 9.17) is 9.72 Å². The van der Waals surface area contributed by atoms with E-state index in [1.54, 1.807) is 0 Å². The zero-order valence-corrected chi connectivity index (χ0v) is 23.6. The number of aryl methyl sites for hydroxylation is 1. The van der Waals surface area contributed by atoms with E-state index in [1.165, 1.54) is 102 Å². The molecule has 200 valence electrons. The first-order valence-corrected chi connectivity index (χ1v) is 15.4. The Labute approximate surface area is 222 Å². The number of hydrogen-bond acceptors (Lipinski definition) is 2. The van der Waals surface area contributed by atoms with Crippen LogP contribution >= 0.6 is 0 Å². The molecular weight excluding hydrogens is 438 g/mol. The number of unbranched alkanes of at least 4 members (excludes halogenated alkanes) is 4. The Morgan fingerprint density at radius 2 is 1.53 bits per heavy atom. The van der Waals surface area contributed by atoms with Gasteiger partial charge in [0.05, 0.1) is 12.3 Å². The third-order valence-electron chi connectivity index (χ3n) is 8.54. The summed E-state index contributed by atoms with van der Waals surface area (Å²) < 4.78 is 6.06. The van der Waals surface area contributed by atoms with Crippen molar-refractivity contribution in [2.24, 2.45) is 17.8 Å². The second-order valence-corrected chi connectivity index (χ2v) is 11.6. The summed E-state index contributed by atoms with van der Waals surface area (Å²) in [4.78, 5) is 4.73. The van der Waals surface area contributed by atoms with E-state index in [0.29, 0.717) is 0 Å². The summed E-state index contributed by atoms with van der Waals surface area (Å²) in [6.45, 7) is 7.80. The van der Waals surface area contributed by atoms with Crippen molar-refractivity contribution in [2.45, 2.75) is 124 Å². The summed E-state index contributed by atoms with van der Waals surface area (Å²) in [5, 5.41) is 0. The molecule has 3 rings (SSSR count). The normalized spacial score (nSPS) is 18.8. The van der Waals surface area contributed by atoms with E-state index in [0.717, 1.165) is 47.8 Å². The predicted molar refractivity (Wildman–Crippen MR) is 156 cm³/mol. The Morgan fingerprint density at radius 1 is 0.806 bits per heavy atom. The third-order valence-corrected chi connectivity index (χ3v) is 8.54. The molecule has 2 aromatic rings. The molecule has 36 heavy (non-hydrogen) atoms. The maximum atomic E-state index is 6.06. The molecule has 0 amide bonds. The lowest BCUT2D eigenvalue weighted by Gasteiger charge is -2.28. The molecule has 1 saturated carbocycles. The summed E-state index contributed by atoms with van der Waals surface area (Å²) in [6.07, 6.45) is 23.8. The average molecular weight is 492 g/mol. The number of benzene rings is 1. The Kier molecular flexibility index (Phi) is 13.4. The van der Waals surface area contributed by atoms with Gasteiger partial charge in [0.2, 0.25) is 0 Å². The first-order valence-electron chi connectivity index (χ1n) is 15.4. The molecule has 1 aromatic heterocycles. The summed E-state index contributed by atoms with van der Waals surface area (Å²) >= 11 is 0. The van der Waals surface area contributed by atoms with Crippen LogP contribution in [0.3, 0.4) is 0 Å². The number of nitrogens with zero attached hydrogens (tertiary/aromatic N) is 1. The van der Waals surface area contributed by atoms with Gasteiger partial charge in [-0.25, -0.2) is 0 Å². The number of ether oxygens (including phenoxy) is 1. The van der Waals surface area contributed by atoms with E-state index in [9.17, 15) is 0 Å².